The third-order valence-corrected chi connectivity index (χ3v) is 2.65. The van der Waals surface area contributed by atoms with Gasteiger partial charge >= 0.3 is 0 Å². The van der Waals surface area contributed by atoms with Gasteiger partial charge in [0.1, 0.15) is 18.2 Å². The Bertz CT molecular complexity index is 462. The van der Waals surface area contributed by atoms with Crippen LogP contribution >= 0.6 is 0 Å². The fraction of sp³-hybridized carbons (Fsp3) is 0.308. The molecule has 0 radical (unpaired) electrons. The van der Waals surface area contributed by atoms with Crippen molar-refractivity contribution < 1.29 is 4.74 Å². The summed E-state index contributed by atoms with van der Waals surface area (Å²) in [6.45, 7) is 1.16. The summed E-state index contributed by atoms with van der Waals surface area (Å²) in [6.07, 6.45) is 4.58. The van der Waals surface area contributed by atoms with Gasteiger partial charge in [-0.3, -0.25) is 0 Å². The van der Waals surface area contributed by atoms with Gasteiger partial charge in [0.05, 0.1) is 0 Å². The highest BCUT2D eigenvalue weighted by atomic mass is 16.5. The van der Waals surface area contributed by atoms with E-state index in [0.29, 0.717) is 13.2 Å². The molecule has 0 amide bonds. The van der Waals surface area contributed by atoms with E-state index < -0.39 is 0 Å². The first kappa shape index (κ1) is 11.7. The maximum absolute atomic E-state index is 5.65. The Hall–Kier alpha value is -1.81. The smallest absolute Gasteiger partial charge is 0.146 e. The third-order valence-electron chi connectivity index (χ3n) is 2.65. The molecule has 0 aliphatic carbocycles. The molecule has 1 aromatic heterocycles. The number of imidazole rings is 1. The van der Waals surface area contributed by atoms with Crippen LogP contribution in [0.2, 0.25) is 0 Å². The van der Waals surface area contributed by atoms with Gasteiger partial charge in [-0.1, -0.05) is 12.1 Å². The molecule has 1 aromatic carbocycles. The van der Waals surface area contributed by atoms with Crippen LogP contribution in [0.3, 0.4) is 0 Å². The lowest BCUT2D eigenvalue weighted by atomic mass is 10.1. The summed E-state index contributed by atoms with van der Waals surface area (Å²) in [5.74, 6) is 1.77. The normalized spacial score (nSPS) is 10.5. The second kappa shape index (κ2) is 5.50. The number of rotatable bonds is 5. The Kier molecular flexibility index (Phi) is 3.77. The number of nitrogens with two attached hydrogens (primary N) is 1. The molecule has 2 rings (SSSR count). The second-order valence-corrected chi connectivity index (χ2v) is 3.93. The molecule has 4 heteroatoms. The van der Waals surface area contributed by atoms with Crippen LogP contribution in [0, 0.1) is 0 Å². The molecule has 0 fully saturated rings. The van der Waals surface area contributed by atoms with Gasteiger partial charge in [0.15, 0.2) is 0 Å². The first-order chi connectivity index (χ1) is 8.29. The Morgan fingerprint density at radius 1 is 1.29 bits per heavy atom. The molecule has 17 heavy (non-hydrogen) atoms. The minimum atomic E-state index is 0.486. The molecule has 90 valence electrons. The van der Waals surface area contributed by atoms with Crippen LogP contribution in [0.4, 0.5) is 0 Å². The van der Waals surface area contributed by atoms with Crippen molar-refractivity contribution in [3.05, 3.63) is 48.0 Å². The molecule has 4 nitrogen and oxygen atoms in total. The van der Waals surface area contributed by atoms with Crippen LogP contribution in [-0.4, -0.2) is 16.1 Å². The molecule has 1 heterocycles. The van der Waals surface area contributed by atoms with Crippen LogP contribution < -0.4 is 10.5 Å². The molecule has 0 atom stereocenters. The second-order valence-electron chi connectivity index (χ2n) is 3.93. The highest BCUT2D eigenvalue weighted by Crippen LogP contribution is 2.13. The van der Waals surface area contributed by atoms with Crippen LogP contribution in [0.15, 0.2) is 36.7 Å². The summed E-state index contributed by atoms with van der Waals surface area (Å²) in [4.78, 5) is 4.20. The minimum absolute atomic E-state index is 0.486. The summed E-state index contributed by atoms with van der Waals surface area (Å²) >= 11 is 0. The zero-order valence-corrected chi connectivity index (χ0v) is 9.97. The first-order valence-corrected chi connectivity index (χ1v) is 5.67. The van der Waals surface area contributed by atoms with Gasteiger partial charge < -0.3 is 15.0 Å². The first-order valence-electron chi connectivity index (χ1n) is 5.67. The van der Waals surface area contributed by atoms with Crippen molar-refractivity contribution in [3.63, 3.8) is 0 Å². The predicted octanol–water partition coefficient (Wildman–Crippen LogP) is 1.50. The zero-order valence-electron chi connectivity index (χ0n) is 9.97. The number of aryl methyl sites for hydroxylation is 1. The van der Waals surface area contributed by atoms with E-state index in [2.05, 4.69) is 4.98 Å². The average molecular weight is 231 g/mol. The van der Waals surface area contributed by atoms with Gasteiger partial charge in [-0.05, 0) is 30.7 Å². The lowest BCUT2D eigenvalue weighted by molar-refractivity contribution is 0.291. The molecule has 0 saturated carbocycles. The van der Waals surface area contributed by atoms with Gasteiger partial charge in [0.2, 0.25) is 0 Å². The molecular formula is C13H17N3O. The predicted molar refractivity (Wildman–Crippen MR) is 66.7 cm³/mol. The Balaban J connectivity index is 1.93. The van der Waals surface area contributed by atoms with Crippen molar-refractivity contribution in [3.8, 4) is 5.75 Å². The van der Waals surface area contributed by atoms with E-state index in [9.17, 15) is 0 Å². The van der Waals surface area contributed by atoms with Crippen molar-refractivity contribution >= 4 is 0 Å². The number of nitrogens with zero attached hydrogens (tertiary/aromatic N) is 2. The standard InChI is InChI=1S/C13H17N3O/c1-16-9-8-15-13(16)10-17-12-4-2-11(3-5-12)6-7-14/h2-5,8-9H,6-7,10,14H2,1H3. The SMILES string of the molecule is Cn1ccnc1COc1ccc(CCN)cc1. The van der Waals surface area contributed by atoms with E-state index in [1.165, 1.54) is 5.56 Å². The van der Waals surface area contributed by atoms with Crippen LogP contribution in [0.5, 0.6) is 5.75 Å². The van der Waals surface area contributed by atoms with Gasteiger partial charge in [-0.2, -0.15) is 0 Å². The molecule has 0 bridgehead atoms. The van der Waals surface area contributed by atoms with Crippen LogP contribution in [-0.2, 0) is 20.1 Å². The van der Waals surface area contributed by atoms with Gasteiger partial charge in [0.25, 0.3) is 0 Å². The van der Waals surface area contributed by atoms with E-state index in [1.807, 2.05) is 42.1 Å². The maximum Gasteiger partial charge on any atom is 0.146 e. The van der Waals surface area contributed by atoms with E-state index in [1.54, 1.807) is 6.20 Å². The van der Waals surface area contributed by atoms with Gasteiger partial charge in [-0.15, -0.1) is 0 Å². The Morgan fingerprint density at radius 3 is 2.65 bits per heavy atom. The largest absolute Gasteiger partial charge is 0.486 e. The molecule has 0 aliphatic rings. The number of aromatic nitrogens is 2. The van der Waals surface area contributed by atoms with Crippen molar-refractivity contribution in [1.82, 2.24) is 9.55 Å². The van der Waals surface area contributed by atoms with Crippen molar-refractivity contribution in [2.45, 2.75) is 13.0 Å². The minimum Gasteiger partial charge on any atom is -0.486 e. The van der Waals surface area contributed by atoms with Gasteiger partial charge in [-0.25, -0.2) is 4.98 Å². The number of hydrogen-bond donors (Lipinski definition) is 1. The molecule has 0 aliphatic heterocycles. The van der Waals surface area contributed by atoms with E-state index in [-0.39, 0.29) is 0 Å². The van der Waals surface area contributed by atoms with Crippen LogP contribution in [0.25, 0.3) is 0 Å². The molecule has 2 N–H and O–H groups in total. The van der Waals surface area contributed by atoms with E-state index >= 15 is 0 Å². The molecular weight excluding hydrogens is 214 g/mol. The molecule has 2 aromatic rings. The fourth-order valence-corrected chi connectivity index (χ4v) is 1.60. The maximum atomic E-state index is 5.65. The van der Waals surface area contributed by atoms with E-state index in [0.717, 1.165) is 18.0 Å². The monoisotopic (exact) mass is 231 g/mol. The van der Waals surface area contributed by atoms with Crippen molar-refractivity contribution in [1.29, 1.82) is 0 Å². The topological polar surface area (TPSA) is 53.1 Å². The lowest BCUT2D eigenvalue weighted by Crippen LogP contribution is -2.04. The summed E-state index contributed by atoms with van der Waals surface area (Å²) in [7, 11) is 1.95. The Morgan fingerprint density at radius 2 is 2.06 bits per heavy atom. The summed E-state index contributed by atoms with van der Waals surface area (Å²) in [6, 6.07) is 8.02. The molecule has 0 spiro atoms. The molecule has 0 saturated heterocycles. The quantitative estimate of drug-likeness (QED) is 0.848. The number of benzene rings is 1. The highest BCUT2D eigenvalue weighted by molar-refractivity contribution is 5.27. The summed E-state index contributed by atoms with van der Waals surface area (Å²) < 4.78 is 7.60. The van der Waals surface area contributed by atoms with Crippen molar-refractivity contribution in [2.75, 3.05) is 6.54 Å². The molecule has 0 unspecified atom stereocenters. The third kappa shape index (κ3) is 3.07. The summed E-state index contributed by atoms with van der Waals surface area (Å²) in [5.41, 5.74) is 6.73. The van der Waals surface area contributed by atoms with E-state index in [4.69, 9.17) is 10.5 Å². The summed E-state index contributed by atoms with van der Waals surface area (Å²) in [5, 5.41) is 0. The number of ether oxygens (including phenoxy) is 1. The lowest BCUT2D eigenvalue weighted by Gasteiger charge is -2.07. The van der Waals surface area contributed by atoms with Crippen molar-refractivity contribution in [2.24, 2.45) is 12.8 Å². The average Bonchev–Trinajstić information content (AvgIpc) is 2.75. The van der Waals surface area contributed by atoms with Crippen LogP contribution in [0.1, 0.15) is 11.4 Å². The van der Waals surface area contributed by atoms with Gasteiger partial charge in [0, 0.05) is 19.4 Å². The Labute approximate surface area is 101 Å². The highest BCUT2D eigenvalue weighted by Gasteiger charge is 2.00. The zero-order chi connectivity index (χ0) is 12.1. The number of hydrogen-bond acceptors (Lipinski definition) is 3. The fourth-order valence-electron chi connectivity index (χ4n) is 1.60.